The Labute approximate surface area is 169 Å². The average molecular weight is 429 g/mol. The van der Waals surface area contributed by atoms with E-state index in [2.05, 4.69) is 15.0 Å². The predicted octanol–water partition coefficient (Wildman–Crippen LogP) is 2.14. The third kappa shape index (κ3) is 6.77. The Kier molecular flexibility index (Phi) is 8.68. The van der Waals surface area contributed by atoms with E-state index in [-0.39, 0.29) is 29.7 Å². The van der Waals surface area contributed by atoms with Crippen LogP contribution >= 0.6 is 11.3 Å². The number of likely N-dealkylation sites (N-methyl/N-ethyl adjacent to an activating group) is 1. The van der Waals surface area contributed by atoms with Gasteiger partial charge in [0.2, 0.25) is 10.0 Å². The number of guanidine groups is 1. The third-order valence-electron chi connectivity index (χ3n) is 3.64. The molecule has 0 bridgehead atoms. The molecule has 0 radical (unpaired) electrons. The molecule has 0 amide bonds. The highest BCUT2D eigenvalue weighted by Crippen LogP contribution is 2.15. The molecule has 7 nitrogen and oxygen atoms in total. The monoisotopic (exact) mass is 428 g/mol. The van der Waals surface area contributed by atoms with Crippen molar-refractivity contribution >= 4 is 27.3 Å². The van der Waals surface area contributed by atoms with Gasteiger partial charge in [0, 0.05) is 20.1 Å². The Hall–Kier alpha value is -2.17. The third-order valence-corrected chi connectivity index (χ3v) is 6.50. The lowest BCUT2D eigenvalue weighted by molar-refractivity contribution is 0.270. The normalized spacial score (nSPS) is 12.0. The molecule has 0 saturated carbocycles. The van der Waals surface area contributed by atoms with Gasteiger partial charge in [-0.3, -0.25) is 4.99 Å². The van der Waals surface area contributed by atoms with Gasteiger partial charge >= 0.3 is 0 Å². The average Bonchev–Trinajstić information content (AvgIpc) is 3.21. The van der Waals surface area contributed by atoms with Crippen molar-refractivity contribution in [1.82, 2.24) is 14.9 Å². The van der Waals surface area contributed by atoms with Gasteiger partial charge in [0.05, 0.1) is 13.1 Å². The number of aliphatic imine (C=N–C) groups is 1. The number of thiophene rings is 1. The summed E-state index contributed by atoms with van der Waals surface area (Å²) in [5.41, 5.74) is 0. The molecule has 0 unspecified atom stereocenters. The Morgan fingerprint density at radius 2 is 2.07 bits per heavy atom. The molecule has 2 N–H and O–H groups in total. The Bertz CT molecular complexity index is 857. The number of hydrogen-bond acceptors (Lipinski definition) is 5. The minimum Gasteiger partial charge on any atom is -0.489 e. The molecule has 154 valence electrons. The van der Waals surface area contributed by atoms with Gasteiger partial charge in [0.1, 0.15) is 10.8 Å². The Morgan fingerprint density at radius 1 is 1.29 bits per heavy atom. The first-order chi connectivity index (χ1) is 13.4. The van der Waals surface area contributed by atoms with Crippen LogP contribution < -0.4 is 14.8 Å². The zero-order chi connectivity index (χ0) is 20.4. The Morgan fingerprint density at radius 3 is 2.75 bits per heavy atom. The van der Waals surface area contributed by atoms with Crippen molar-refractivity contribution < 1.29 is 17.5 Å². The van der Waals surface area contributed by atoms with E-state index in [0.717, 1.165) is 0 Å². The van der Waals surface area contributed by atoms with Crippen molar-refractivity contribution in [2.75, 3.05) is 39.8 Å². The van der Waals surface area contributed by atoms with Crippen LogP contribution in [0.2, 0.25) is 0 Å². The van der Waals surface area contributed by atoms with Gasteiger partial charge in [-0.2, -0.15) is 0 Å². The van der Waals surface area contributed by atoms with Gasteiger partial charge in [-0.25, -0.2) is 17.5 Å². The summed E-state index contributed by atoms with van der Waals surface area (Å²) in [7, 11) is -1.65. The van der Waals surface area contributed by atoms with E-state index in [1.165, 1.54) is 17.4 Å². The maximum Gasteiger partial charge on any atom is 0.250 e. The van der Waals surface area contributed by atoms with E-state index in [9.17, 15) is 12.8 Å². The summed E-state index contributed by atoms with van der Waals surface area (Å²) >= 11 is 1.17. The van der Waals surface area contributed by atoms with E-state index < -0.39 is 15.8 Å². The summed E-state index contributed by atoms with van der Waals surface area (Å²) in [5.74, 6) is 0.430. The van der Waals surface area contributed by atoms with Gasteiger partial charge in [-0.1, -0.05) is 18.2 Å². The summed E-state index contributed by atoms with van der Waals surface area (Å²) in [5, 5.41) is 4.86. The van der Waals surface area contributed by atoms with Crippen LogP contribution in [0.5, 0.6) is 5.75 Å². The minimum atomic E-state index is -3.49. The molecule has 2 aromatic rings. The zero-order valence-electron chi connectivity index (χ0n) is 15.9. The first-order valence-electron chi connectivity index (χ1n) is 8.84. The fourth-order valence-corrected chi connectivity index (χ4v) is 4.32. The second-order valence-electron chi connectivity index (χ2n) is 5.77. The van der Waals surface area contributed by atoms with Crippen molar-refractivity contribution in [3.63, 3.8) is 0 Å². The second-order valence-corrected chi connectivity index (χ2v) is 8.71. The molecule has 1 heterocycles. The van der Waals surface area contributed by atoms with Crippen LogP contribution in [0.3, 0.4) is 0 Å². The maximum absolute atomic E-state index is 13.6. The lowest BCUT2D eigenvalue weighted by Crippen LogP contribution is -2.41. The van der Waals surface area contributed by atoms with Gasteiger partial charge in [0.15, 0.2) is 17.5 Å². The molecule has 28 heavy (non-hydrogen) atoms. The number of hydrogen-bond donors (Lipinski definition) is 2. The van der Waals surface area contributed by atoms with Crippen molar-refractivity contribution in [3.05, 3.63) is 47.6 Å². The summed E-state index contributed by atoms with van der Waals surface area (Å²) in [6, 6.07) is 9.50. The fourth-order valence-electron chi connectivity index (χ4n) is 2.26. The highest BCUT2D eigenvalue weighted by Gasteiger charge is 2.14. The van der Waals surface area contributed by atoms with Crippen LogP contribution in [-0.4, -0.2) is 59.1 Å². The molecule has 0 fully saturated rings. The van der Waals surface area contributed by atoms with Crippen molar-refractivity contribution in [1.29, 1.82) is 0 Å². The number of nitrogens with zero attached hydrogens (tertiary/aromatic N) is 2. The molecule has 2 rings (SSSR count). The van der Waals surface area contributed by atoms with E-state index >= 15 is 0 Å². The largest absolute Gasteiger partial charge is 0.489 e. The van der Waals surface area contributed by atoms with E-state index in [4.69, 9.17) is 4.74 Å². The fraction of sp³-hybridized carbons (Fsp3) is 0.389. The van der Waals surface area contributed by atoms with Crippen LogP contribution in [0.15, 0.2) is 51.0 Å². The first kappa shape index (κ1) is 22.1. The number of rotatable bonds is 10. The van der Waals surface area contributed by atoms with Crippen molar-refractivity contribution in [3.8, 4) is 5.75 Å². The van der Waals surface area contributed by atoms with Gasteiger partial charge in [-0.05, 0) is 30.5 Å². The highest BCUT2D eigenvalue weighted by molar-refractivity contribution is 7.91. The molecule has 0 aliphatic carbocycles. The summed E-state index contributed by atoms with van der Waals surface area (Å²) in [6.45, 7) is 3.85. The van der Waals surface area contributed by atoms with Gasteiger partial charge < -0.3 is 15.0 Å². The summed E-state index contributed by atoms with van der Waals surface area (Å²) in [6.07, 6.45) is 0. The van der Waals surface area contributed by atoms with Crippen LogP contribution in [0, 0.1) is 5.82 Å². The number of para-hydroxylation sites is 1. The quantitative estimate of drug-likeness (QED) is 0.344. The molecule has 1 aromatic heterocycles. The van der Waals surface area contributed by atoms with E-state index in [1.807, 2.05) is 18.9 Å². The highest BCUT2D eigenvalue weighted by atomic mass is 32.2. The first-order valence-corrected chi connectivity index (χ1v) is 11.2. The molecule has 0 atom stereocenters. The van der Waals surface area contributed by atoms with Gasteiger partial charge in [0.25, 0.3) is 0 Å². The minimum absolute atomic E-state index is 0.189. The maximum atomic E-state index is 13.6. The topological polar surface area (TPSA) is 83.0 Å². The molecule has 0 spiro atoms. The summed E-state index contributed by atoms with van der Waals surface area (Å²) < 4.78 is 46.0. The van der Waals surface area contributed by atoms with E-state index in [1.54, 1.807) is 35.7 Å². The van der Waals surface area contributed by atoms with E-state index in [0.29, 0.717) is 19.0 Å². The molecule has 1 aromatic carbocycles. The molecule has 0 saturated heterocycles. The Balaban J connectivity index is 1.82. The van der Waals surface area contributed by atoms with Crippen LogP contribution in [-0.2, 0) is 10.0 Å². The lowest BCUT2D eigenvalue weighted by atomic mass is 10.3. The number of nitrogens with one attached hydrogen (secondary N) is 2. The summed E-state index contributed by atoms with van der Waals surface area (Å²) in [4.78, 5) is 6.26. The lowest BCUT2D eigenvalue weighted by Gasteiger charge is -2.22. The van der Waals surface area contributed by atoms with Crippen LogP contribution in [0.1, 0.15) is 6.92 Å². The number of halogens is 1. The number of ether oxygens (including phenoxy) is 1. The molecule has 0 aliphatic heterocycles. The van der Waals surface area contributed by atoms with Gasteiger partial charge in [-0.15, -0.1) is 11.3 Å². The zero-order valence-corrected chi connectivity index (χ0v) is 17.5. The van der Waals surface area contributed by atoms with Crippen LogP contribution in [0.4, 0.5) is 4.39 Å². The molecular weight excluding hydrogens is 403 g/mol. The van der Waals surface area contributed by atoms with Crippen LogP contribution in [0.25, 0.3) is 0 Å². The molecular formula is C18H25FN4O3S2. The SMILES string of the molecule is CCNC(=NCCNS(=O)(=O)c1cccs1)N(C)CCOc1ccccc1F. The smallest absolute Gasteiger partial charge is 0.250 e. The van der Waals surface area contributed by atoms with Crippen molar-refractivity contribution in [2.45, 2.75) is 11.1 Å². The second kappa shape index (κ2) is 11.0. The number of sulfonamides is 1. The molecule has 10 heteroatoms. The van der Waals surface area contributed by atoms with Crippen molar-refractivity contribution in [2.24, 2.45) is 4.99 Å². The standard InChI is InChI=1S/C18H25FN4O3S2/c1-3-20-18(21-10-11-22-28(24,25)17-9-6-14-27-17)23(2)12-13-26-16-8-5-4-7-15(16)19/h4-9,14,22H,3,10-13H2,1-2H3,(H,20,21). The molecule has 0 aliphatic rings. The predicted molar refractivity (Wildman–Crippen MR) is 110 cm³/mol. The number of benzene rings is 1.